The summed E-state index contributed by atoms with van der Waals surface area (Å²) in [6, 6.07) is 24.7. The number of rotatable bonds is 8. The van der Waals surface area contributed by atoms with Crippen molar-refractivity contribution in [2.75, 3.05) is 10.8 Å². The Morgan fingerprint density at radius 1 is 0.933 bits per heavy atom. The van der Waals surface area contributed by atoms with Crippen molar-refractivity contribution >= 4 is 44.2 Å². The van der Waals surface area contributed by atoms with Crippen LogP contribution in [0.15, 0.2) is 89.8 Å². The van der Waals surface area contributed by atoms with Gasteiger partial charge in [-0.25, -0.2) is 8.42 Å². The van der Waals surface area contributed by atoms with E-state index in [1.165, 1.54) is 12.1 Å². The number of nitrogens with one attached hydrogen (secondary N) is 1. The monoisotopic (exact) mass is 534 g/mol. The third-order valence-corrected chi connectivity index (χ3v) is 7.19. The molecule has 30 heavy (non-hydrogen) atoms. The molecule has 3 aromatic rings. The maximum Gasteiger partial charge on any atom is 0.264 e. The van der Waals surface area contributed by atoms with Crippen LogP contribution < -0.4 is 9.62 Å². The zero-order valence-electron chi connectivity index (χ0n) is 16.5. The molecule has 0 aliphatic carbocycles. The quantitative estimate of drug-likeness (QED) is 0.424. The maximum atomic E-state index is 13.3. The molecule has 0 saturated carbocycles. The lowest BCUT2D eigenvalue weighted by Gasteiger charge is -2.25. The number of hydrogen-bond acceptors (Lipinski definition) is 3. The average molecular weight is 534 g/mol. The molecule has 0 aliphatic rings. The van der Waals surface area contributed by atoms with Crippen molar-refractivity contribution in [2.45, 2.75) is 24.3 Å². The van der Waals surface area contributed by atoms with Gasteiger partial charge >= 0.3 is 0 Å². The van der Waals surface area contributed by atoms with Gasteiger partial charge in [0.15, 0.2) is 0 Å². The number of amides is 1. The summed E-state index contributed by atoms with van der Waals surface area (Å²) in [5.41, 5.74) is 1.43. The molecular formula is C23H23IN2O3S. The zero-order chi connectivity index (χ0) is 21.6. The molecule has 156 valence electrons. The molecular weight excluding hydrogens is 511 g/mol. The summed E-state index contributed by atoms with van der Waals surface area (Å²) in [6.07, 6.45) is 0.699. The summed E-state index contributed by atoms with van der Waals surface area (Å²) in [6.45, 7) is 1.68. The van der Waals surface area contributed by atoms with Crippen LogP contribution >= 0.6 is 22.6 Å². The van der Waals surface area contributed by atoms with E-state index in [0.717, 1.165) is 13.4 Å². The second kappa shape index (κ2) is 10.1. The Labute approximate surface area is 191 Å². The third-order valence-electron chi connectivity index (χ3n) is 4.68. The van der Waals surface area contributed by atoms with E-state index in [1.54, 1.807) is 30.3 Å². The van der Waals surface area contributed by atoms with Crippen molar-refractivity contribution in [2.24, 2.45) is 0 Å². The second-order valence-electron chi connectivity index (χ2n) is 6.74. The van der Waals surface area contributed by atoms with E-state index in [-0.39, 0.29) is 23.4 Å². The normalized spacial score (nSPS) is 12.2. The molecule has 0 saturated heterocycles. The average Bonchev–Trinajstić information content (AvgIpc) is 2.77. The molecule has 1 unspecified atom stereocenters. The summed E-state index contributed by atoms with van der Waals surface area (Å²) in [7, 11) is -3.90. The number of hydrogen-bond donors (Lipinski definition) is 1. The van der Waals surface area contributed by atoms with Gasteiger partial charge in [-0.1, -0.05) is 55.5 Å². The predicted molar refractivity (Wildman–Crippen MR) is 128 cm³/mol. The lowest BCUT2D eigenvalue weighted by atomic mass is 10.0. The first-order valence-corrected chi connectivity index (χ1v) is 12.1. The van der Waals surface area contributed by atoms with Crippen molar-refractivity contribution in [3.05, 3.63) is 94.1 Å². The number of anilines is 1. The third kappa shape index (κ3) is 5.40. The van der Waals surface area contributed by atoms with Gasteiger partial charge in [0.1, 0.15) is 6.54 Å². The zero-order valence-corrected chi connectivity index (χ0v) is 19.5. The van der Waals surface area contributed by atoms with Crippen LogP contribution in [0.25, 0.3) is 0 Å². The van der Waals surface area contributed by atoms with Crippen molar-refractivity contribution in [1.29, 1.82) is 0 Å². The Bertz CT molecular complexity index is 1070. The van der Waals surface area contributed by atoms with E-state index in [4.69, 9.17) is 0 Å². The highest BCUT2D eigenvalue weighted by atomic mass is 127. The number of halogens is 1. The highest BCUT2D eigenvalue weighted by molar-refractivity contribution is 14.1. The first-order valence-electron chi connectivity index (χ1n) is 9.59. The van der Waals surface area contributed by atoms with E-state index in [9.17, 15) is 13.2 Å². The summed E-state index contributed by atoms with van der Waals surface area (Å²) in [4.78, 5) is 13.0. The Balaban J connectivity index is 1.89. The molecule has 1 N–H and O–H groups in total. The van der Waals surface area contributed by atoms with Gasteiger partial charge < -0.3 is 5.32 Å². The van der Waals surface area contributed by atoms with Crippen LogP contribution in [0.3, 0.4) is 0 Å². The van der Waals surface area contributed by atoms with Crippen LogP contribution in [0.4, 0.5) is 5.69 Å². The molecule has 0 heterocycles. The first kappa shape index (κ1) is 22.3. The molecule has 0 radical (unpaired) electrons. The van der Waals surface area contributed by atoms with Gasteiger partial charge in [-0.2, -0.15) is 0 Å². The largest absolute Gasteiger partial charge is 0.348 e. The minimum atomic E-state index is -3.90. The van der Waals surface area contributed by atoms with Gasteiger partial charge in [0, 0.05) is 3.57 Å². The van der Waals surface area contributed by atoms with E-state index in [2.05, 4.69) is 27.9 Å². The lowest BCUT2D eigenvalue weighted by molar-refractivity contribution is -0.120. The standard InChI is InChI=1S/C23H23IN2O3S/c1-2-22(18-9-5-3-6-10-18)25-23(27)17-26(20-15-13-19(24)14-16-20)30(28,29)21-11-7-4-8-12-21/h3-16,22H,2,17H2,1H3,(H,25,27). The van der Waals surface area contributed by atoms with Crippen molar-refractivity contribution < 1.29 is 13.2 Å². The van der Waals surface area contributed by atoms with Crippen LogP contribution in [-0.2, 0) is 14.8 Å². The Hall–Kier alpha value is -2.39. The minimum absolute atomic E-state index is 0.145. The SMILES string of the molecule is CCC(NC(=O)CN(c1ccc(I)cc1)S(=O)(=O)c1ccccc1)c1ccccc1. The fourth-order valence-electron chi connectivity index (χ4n) is 3.12. The summed E-state index contributed by atoms with van der Waals surface area (Å²) in [5, 5.41) is 2.97. The van der Waals surface area contributed by atoms with Crippen LogP contribution in [0.2, 0.25) is 0 Å². The molecule has 0 aromatic heterocycles. The topological polar surface area (TPSA) is 66.5 Å². The van der Waals surface area contributed by atoms with Gasteiger partial charge in [-0.15, -0.1) is 0 Å². The Kier molecular flexibility index (Phi) is 7.49. The van der Waals surface area contributed by atoms with Gasteiger partial charge in [-0.3, -0.25) is 9.10 Å². The summed E-state index contributed by atoms with van der Waals surface area (Å²) >= 11 is 2.16. The van der Waals surface area contributed by atoms with Gasteiger partial charge in [0.25, 0.3) is 10.0 Å². The highest BCUT2D eigenvalue weighted by Crippen LogP contribution is 2.25. The molecule has 0 aliphatic heterocycles. The molecule has 0 fully saturated rings. The first-order chi connectivity index (χ1) is 14.4. The number of carbonyl (C=O) groups is 1. The second-order valence-corrected chi connectivity index (χ2v) is 9.85. The number of benzene rings is 3. The molecule has 0 spiro atoms. The molecule has 0 bridgehead atoms. The minimum Gasteiger partial charge on any atom is -0.348 e. The van der Waals surface area contributed by atoms with Gasteiger partial charge in [-0.05, 0) is 71.0 Å². The van der Waals surface area contributed by atoms with E-state index >= 15 is 0 Å². The van der Waals surface area contributed by atoms with E-state index in [0.29, 0.717) is 12.1 Å². The fourth-order valence-corrected chi connectivity index (χ4v) is 4.92. The summed E-state index contributed by atoms with van der Waals surface area (Å²) < 4.78 is 28.8. The van der Waals surface area contributed by atoms with Crippen LogP contribution in [0, 0.1) is 3.57 Å². The van der Waals surface area contributed by atoms with Gasteiger partial charge in [0.05, 0.1) is 16.6 Å². The number of carbonyl (C=O) groups excluding carboxylic acids is 1. The maximum absolute atomic E-state index is 13.3. The molecule has 1 atom stereocenters. The molecule has 3 rings (SSSR count). The molecule has 3 aromatic carbocycles. The van der Waals surface area contributed by atoms with Crippen molar-refractivity contribution in [3.63, 3.8) is 0 Å². The van der Waals surface area contributed by atoms with Crippen LogP contribution in [0.5, 0.6) is 0 Å². The van der Waals surface area contributed by atoms with Crippen LogP contribution in [0.1, 0.15) is 24.9 Å². The number of sulfonamides is 1. The van der Waals surface area contributed by atoms with Crippen molar-refractivity contribution in [1.82, 2.24) is 5.32 Å². The Morgan fingerprint density at radius 2 is 1.50 bits per heavy atom. The predicted octanol–water partition coefficient (Wildman–Crippen LogP) is 4.75. The van der Waals surface area contributed by atoms with Crippen molar-refractivity contribution in [3.8, 4) is 0 Å². The fraction of sp³-hybridized carbons (Fsp3) is 0.174. The smallest absolute Gasteiger partial charge is 0.264 e. The lowest BCUT2D eigenvalue weighted by Crippen LogP contribution is -2.42. The molecule has 5 nitrogen and oxygen atoms in total. The molecule has 1 amide bonds. The van der Waals surface area contributed by atoms with E-state index in [1.807, 2.05) is 49.4 Å². The number of nitrogens with zero attached hydrogens (tertiary/aromatic N) is 1. The van der Waals surface area contributed by atoms with E-state index < -0.39 is 10.0 Å². The highest BCUT2D eigenvalue weighted by Gasteiger charge is 2.27. The van der Waals surface area contributed by atoms with Gasteiger partial charge in [0.2, 0.25) is 5.91 Å². The summed E-state index contributed by atoms with van der Waals surface area (Å²) in [5.74, 6) is -0.358. The Morgan fingerprint density at radius 3 is 2.07 bits per heavy atom. The van der Waals surface area contributed by atoms with Crippen LogP contribution in [-0.4, -0.2) is 20.9 Å². The molecule has 7 heteroatoms.